The van der Waals surface area contributed by atoms with Crippen molar-refractivity contribution in [3.05, 3.63) is 89.2 Å². The van der Waals surface area contributed by atoms with Crippen molar-refractivity contribution in [1.29, 1.82) is 0 Å². The summed E-state index contributed by atoms with van der Waals surface area (Å²) in [7, 11) is -7.43. The Hall–Kier alpha value is -2.58. The van der Waals surface area contributed by atoms with Gasteiger partial charge < -0.3 is 0 Å². The van der Waals surface area contributed by atoms with Crippen molar-refractivity contribution in [2.24, 2.45) is 0 Å². The molecule has 0 aliphatic heterocycles. The van der Waals surface area contributed by atoms with Crippen LogP contribution in [0.25, 0.3) is 0 Å². The van der Waals surface area contributed by atoms with Crippen LogP contribution < -0.4 is 9.44 Å². The van der Waals surface area contributed by atoms with E-state index in [0.29, 0.717) is 29.9 Å². The Labute approximate surface area is 159 Å². The molecule has 0 amide bonds. The summed E-state index contributed by atoms with van der Waals surface area (Å²) in [5.74, 6) is 0. The highest BCUT2D eigenvalue weighted by atomic mass is 32.2. The van der Waals surface area contributed by atoms with E-state index in [1.165, 1.54) is 18.2 Å². The minimum absolute atomic E-state index is 0.133. The quantitative estimate of drug-likeness (QED) is 0.763. The summed E-state index contributed by atoms with van der Waals surface area (Å²) in [5, 5.41) is 0. The molecule has 27 heavy (non-hydrogen) atoms. The number of allylic oxidation sites excluding steroid dienone is 8. The normalized spacial score (nSPS) is 17.4. The summed E-state index contributed by atoms with van der Waals surface area (Å²) >= 11 is 0. The van der Waals surface area contributed by atoms with Gasteiger partial charge in [-0.25, -0.2) is 16.8 Å². The van der Waals surface area contributed by atoms with Crippen LogP contribution in [0, 0.1) is 0 Å². The van der Waals surface area contributed by atoms with Crippen molar-refractivity contribution in [3.63, 3.8) is 0 Å². The van der Waals surface area contributed by atoms with Crippen molar-refractivity contribution < 1.29 is 16.8 Å². The van der Waals surface area contributed by atoms with Gasteiger partial charge in [0.25, 0.3) is 20.0 Å². The van der Waals surface area contributed by atoms with Gasteiger partial charge >= 0.3 is 0 Å². The van der Waals surface area contributed by atoms with E-state index in [4.69, 9.17) is 0 Å². The molecule has 0 saturated heterocycles. The molecule has 6 nitrogen and oxygen atoms in total. The van der Waals surface area contributed by atoms with Crippen LogP contribution >= 0.6 is 0 Å². The summed E-state index contributed by atoms with van der Waals surface area (Å²) in [6, 6.07) is 7.99. The first-order chi connectivity index (χ1) is 12.9. The number of hydrogen-bond donors (Lipinski definition) is 2. The fourth-order valence-corrected chi connectivity index (χ4v) is 4.94. The number of nitrogens with one attached hydrogen (secondary N) is 2. The molecule has 2 N–H and O–H groups in total. The molecule has 0 saturated carbocycles. The molecule has 3 rings (SSSR count). The highest BCUT2D eigenvalue weighted by Gasteiger charge is 2.20. The second-order valence-electron chi connectivity index (χ2n) is 6.02. The van der Waals surface area contributed by atoms with E-state index < -0.39 is 20.0 Å². The van der Waals surface area contributed by atoms with Crippen molar-refractivity contribution >= 4 is 20.0 Å². The molecule has 0 bridgehead atoms. The Balaban J connectivity index is 1.81. The van der Waals surface area contributed by atoms with Crippen molar-refractivity contribution in [2.45, 2.75) is 24.2 Å². The van der Waals surface area contributed by atoms with Gasteiger partial charge in [0.05, 0.1) is 15.5 Å². The first-order valence-corrected chi connectivity index (χ1v) is 11.4. The third kappa shape index (κ3) is 4.99. The Kier molecular flexibility index (Phi) is 5.67. The Morgan fingerprint density at radius 1 is 0.852 bits per heavy atom. The lowest BCUT2D eigenvalue weighted by atomic mass is 10.2. The van der Waals surface area contributed by atoms with Gasteiger partial charge in [-0.05, 0) is 49.6 Å². The molecule has 1 aromatic carbocycles. The van der Waals surface area contributed by atoms with Crippen LogP contribution in [0.2, 0.25) is 0 Å². The van der Waals surface area contributed by atoms with Crippen LogP contribution in [-0.2, 0) is 20.0 Å². The molecule has 0 atom stereocenters. The topological polar surface area (TPSA) is 92.3 Å². The van der Waals surface area contributed by atoms with E-state index in [9.17, 15) is 16.8 Å². The summed E-state index contributed by atoms with van der Waals surface area (Å²) in [6.45, 7) is 0. The summed E-state index contributed by atoms with van der Waals surface area (Å²) < 4.78 is 55.1. The molecule has 142 valence electrons. The first-order valence-electron chi connectivity index (χ1n) is 8.42. The molecule has 0 spiro atoms. The second kappa shape index (κ2) is 7.98. The molecule has 0 heterocycles. The lowest BCUT2D eigenvalue weighted by Crippen LogP contribution is -2.26. The highest BCUT2D eigenvalue weighted by molar-refractivity contribution is 7.93. The van der Waals surface area contributed by atoms with Crippen LogP contribution in [0.4, 0.5) is 0 Å². The van der Waals surface area contributed by atoms with Crippen LogP contribution in [0.1, 0.15) is 19.3 Å². The van der Waals surface area contributed by atoms with Gasteiger partial charge in [-0.3, -0.25) is 9.44 Å². The summed E-state index contributed by atoms with van der Waals surface area (Å²) in [5.41, 5.74) is 0.601. The minimum atomic E-state index is -3.76. The van der Waals surface area contributed by atoms with Gasteiger partial charge in [0, 0.05) is 5.70 Å². The predicted molar refractivity (Wildman–Crippen MR) is 105 cm³/mol. The highest BCUT2D eigenvalue weighted by Crippen LogP contribution is 2.19. The molecule has 2 aliphatic rings. The third-order valence-electron chi connectivity index (χ3n) is 3.96. The van der Waals surface area contributed by atoms with Crippen molar-refractivity contribution in [1.82, 2.24) is 9.44 Å². The Bertz CT molecular complexity index is 1060. The van der Waals surface area contributed by atoms with Gasteiger partial charge in [-0.15, -0.1) is 0 Å². The fraction of sp³-hybridized carbons (Fsp3) is 0.158. The molecule has 0 fully saturated rings. The van der Waals surface area contributed by atoms with Gasteiger partial charge in [0.1, 0.15) is 0 Å². The van der Waals surface area contributed by atoms with Crippen molar-refractivity contribution in [2.75, 3.05) is 0 Å². The van der Waals surface area contributed by atoms with Crippen LogP contribution in [0.3, 0.4) is 0 Å². The number of benzene rings is 1. The maximum absolute atomic E-state index is 12.5. The van der Waals surface area contributed by atoms with Gasteiger partial charge in [0.15, 0.2) is 0 Å². The molecule has 2 aliphatic carbocycles. The zero-order valence-electron chi connectivity index (χ0n) is 14.5. The van der Waals surface area contributed by atoms with Crippen LogP contribution in [0.5, 0.6) is 0 Å². The lowest BCUT2D eigenvalue weighted by molar-refractivity contribution is 0.589. The minimum Gasteiger partial charge on any atom is -0.280 e. The van der Waals surface area contributed by atoms with Crippen molar-refractivity contribution in [3.8, 4) is 0 Å². The van der Waals surface area contributed by atoms with Gasteiger partial charge in [-0.2, -0.15) is 0 Å². The Morgan fingerprint density at radius 2 is 1.59 bits per heavy atom. The zero-order chi connectivity index (χ0) is 19.3. The molecular weight excluding hydrogens is 384 g/mol. The van der Waals surface area contributed by atoms with Gasteiger partial charge in [-0.1, -0.05) is 42.5 Å². The van der Waals surface area contributed by atoms with Gasteiger partial charge in [0.2, 0.25) is 0 Å². The molecular formula is C19H20N2O4S2. The van der Waals surface area contributed by atoms with Crippen LogP contribution in [0.15, 0.2) is 94.1 Å². The van der Waals surface area contributed by atoms with E-state index in [2.05, 4.69) is 9.44 Å². The molecule has 8 heteroatoms. The number of hydrogen-bond acceptors (Lipinski definition) is 4. The standard InChI is InChI=1S/C19H20N2O4S2/c22-26(23,18-11-3-1-4-12-18)20-16-9-7-8-10-17(15-16)21-27(24,25)19-13-5-2-6-14-19/h1-5,7,9-13,15,20-21H,6,8,14H2. The average molecular weight is 405 g/mol. The Morgan fingerprint density at radius 3 is 2.30 bits per heavy atom. The first kappa shape index (κ1) is 19.2. The molecule has 1 aromatic rings. The van der Waals surface area contributed by atoms with E-state index in [-0.39, 0.29) is 10.6 Å². The summed E-state index contributed by atoms with van der Waals surface area (Å²) in [4.78, 5) is 0.441. The average Bonchev–Trinajstić information content (AvgIpc) is 2.87. The van der Waals surface area contributed by atoms with Crippen LogP contribution in [-0.4, -0.2) is 16.8 Å². The van der Waals surface area contributed by atoms with E-state index in [1.54, 1.807) is 48.6 Å². The number of sulfonamides is 2. The zero-order valence-corrected chi connectivity index (χ0v) is 16.1. The lowest BCUT2D eigenvalue weighted by Gasteiger charge is -2.14. The fourth-order valence-electron chi connectivity index (χ4n) is 2.64. The maximum atomic E-state index is 12.5. The largest absolute Gasteiger partial charge is 0.280 e. The molecule has 0 unspecified atom stereocenters. The second-order valence-corrected chi connectivity index (χ2v) is 9.44. The molecule has 0 aromatic heterocycles. The maximum Gasteiger partial charge on any atom is 0.261 e. The van der Waals surface area contributed by atoms with E-state index in [0.717, 1.165) is 0 Å². The smallest absolute Gasteiger partial charge is 0.261 e. The predicted octanol–water partition coefficient (Wildman–Crippen LogP) is 2.85. The monoisotopic (exact) mass is 404 g/mol. The van der Waals surface area contributed by atoms with E-state index in [1.807, 2.05) is 6.08 Å². The molecule has 0 radical (unpaired) electrons. The SMILES string of the molecule is O=S(=O)(NC1=CCC=CC(NS(=O)(=O)c2ccccc2)=C1)C1=CC=CCC1. The third-order valence-corrected chi connectivity index (χ3v) is 6.89. The number of rotatable bonds is 6. The van der Waals surface area contributed by atoms with E-state index >= 15 is 0 Å². The summed E-state index contributed by atoms with van der Waals surface area (Å²) in [6.07, 6.45) is 13.3.